The van der Waals surface area contributed by atoms with Gasteiger partial charge in [-0.15, -0.1) is 11.3 Å². The molecule has 100 valence electrons. The molecule has 4 heteroatoms. The minimum absolute atomic E-state index is 0.448. The van der Waals surface area contributed by atoms with E-state index in [1.54, 1.807) is 18.4 Å². The van der Waals surface area contributed by atoms with Gasteiger partial charge >= 0.3 is 0 Å². The molecule has 0 amide bonds. The van der Waals surface area contributed by atoms with E-state index >= 15 is 0 Å². The first-order valence-electron chi connectivity index (χ1n) is 6.62. The lowest BCUT2D eigenvalue weighted by Crippen LogP contribution is -2.12. The Morgan fingerprint density at radius 3 is 3.00 bits per heavy atom. The molecular weight excluding hydrogens is 256 g/mol. The molecular formula is C15H18N2OS. The molecule has 1 fully saturated rings. The zero-order valence-corrected chi connectivity index (χ0v) is 12.1. The summed E-state index contributed by atoms with van der Waals surface area (Å²) in [5, 5.41) is 6.76. The first kappa shape index (κ1) is 12.6. The molecule has 0 bridgehead atoms. The van der Waals surface area contributed by atoms with Crippen molar-refractivity contribution >= 4 is 11.3 Å². The summed E-state index contributed by atoms with van der Waals surface area (Å²) in [4.78, 5) is 4.77. The molecule has 0 unspecified atom stereocenters. The normalized spacial score (nSPS) is 18.7. The lowest BCUT2D eigenvalue weighted by molar-refractivity contribution is 0.412. The van der Waals surface area contributed by atoms with E-state index in [9.17, 15) is 0 Å². The number of ether oxygens (including phenoxy) is 1. The van der Waals surface area contributed by atoms with Crippen LogP contribution in [0.25, 0.3) is 10.6 Å². The molecule has 1 atom stereocenters. The van der Waals surface area contributed by atoms with Crippen LogP contribution in [-0.2, 0) is 0 Å². The van der Waals surface area contributed by atoms with Gasteiger partial charge < -0.3 is 10.1 Å². The topological polar surface area (TPSA) is 34.1 Å². The summed E-state index contributed by atoms with van der Waals surface area (Å²) in [6, 6.07) is 6.68. The lowest BCUT2D eigenvalue weighted by Gasteiger charge is -2.06. The van der Waals surface area contributed by atoms with Crippen LogP contribution in [0.15, 0.2) is 23.6 Å². The van der Waals surface area contributed by atoms with Gasteiger partial charge in [-0.1, -0.05) is 0 Å². The third-order valence-electron chi connectivity index (χ3n) is 3.58. The van der Waals surface area contributed by atoms with E-state index in [0.29, 0.717) is 6.04 Å². The van der Waals surface area contributed by atoms with Crippen LogP contribution < -0.4 is 10.1 Å². The molecule has 1 saturated heterocycles. The van der Waals surface area contributed by atoms with E-state index in [0.717, 1.165) is 22.9 Å². The van der Waals surface area contributed by atoms with Crippen LogP contribution in [0.5, 0.6) is 5.75 Å². The van der Waals surface area contributed by atoms with Gasteiger partial charge in [-0.25, -0.2) is 4.98 Å². The van der Waals surface area contributed by atoms with Gasteiger partial charge in [-0.3, -0.25) is 0 Å². The molecule has 2 aromatic rings. The zero-order chi connectivity index (χ0) is 13.2. The van der Waals surface area contributed by atoms with Crippen molar-refractivity contribution in [3.8, 4) is 16.3 Å². The number of nitrogens with one attached hydrogen (secondary N) is 1. The molecule has 0 radical (unpaired) electrons. The van der Waals surface area contributed by atoms with Gasteiger partial charge in [0.1, 0.15) is 10.8 Å². The maximum absolute atomic E-state index is 5.30. The fourth-order valence-electron chi connectivity index (χ4n) is 2.53. The monoisotopic (exact) mass is 274 g/mol. The minimum Gasteiger partial charge on any atom is -0.496 e. The first-order chi connectivity index (χ1) is 9.28. The molecule has 1 aliphatic rings. The van der Waals surface area contributed by atoms with E-state index in [2.05, 4.69) is 29.8 Å². The van der Waals surface area contributed by atoms with Gasteiger partial charge in [0.05, 0.1) is 18.8 Å². The van der Waals surface area contributed by atoms with E-state index in [1.807, 2.05) is 6.07 Å². The van der Waals surface area contributed by atoms with Crippen molar-refractivity contribution in [3.63, 3.8) is 0 Å². The average Bonchev–Trinajstić information content (AvgIpc) is 3.09. The van der Waals surface area contributed by atoms with Crippen molar-refractivity contribution in [2.45, 2.75) is 25.8 Å². The van der Waals surface area contributed by atoms with Gasteiger partial charge in [0.15, 0.2) is 0 Å². The molecule has 1 N–H and O–H groups in total. The Kier molecular flexibility index (Phi) is 3.53. The Balaban J connectivity index is 1.87. The summed E-state index contributed by atoms with van der Waals surface area (Å²) in [6.07, 6.45) is 2.45. The minimum atomic E-state index is 0.448. The molecule has 3 nitrogen and oxygen atoms in total. The van der Waals surface area contributed by atoms with Crippen LogP contribution in [0.3, 0.4) is 0 Å². The van der Waals surface area contributed by atoms with Crippen LogP contribution in [0, 0.1) is 6.92 Å². The Bertz CT molecular complexity index is 573. The molecule has 1 aromatic carbocycles. The van der Waals surface area contributed by atoms with Crippen LogP contribution in [0.4, 0.5) is 0 Å². The summed E-state index contributed by atoms with van der Waals surface area (Å²) in [6.45, 7) is 3.18. The van der Waals surface area contributed by atoms with Gasteiger partial charge in [-0.2, -0.15) is 0 Å². The number of rotatable bonds is 3. The standard InChI is InChI=1S/C15H18N2OS/c1-10-8-11(5-6-14(10)18-2)15-17-13(9-19-15)12-4-3-7-16-12/h5-6,8-9,12,16H,3-4,7H2,1-2H3/t12-/m0/s1. The molecule has 19 heavy (non-hydrogen) atoms. The predicted molar refractivity (Wildman–Crippen MR) is 78.8 cm³/mol. The number of hydrogen-bond donors (Lipinski definition) is 1. The van der Waals surface area contributed by atoms with Crippen molar-refractivity contribution in [2.75, 3.05) is 13.7 Å². The van der Waals surface area contributed by atoms with E-state index in [4.69, 9.17) is 9.72 Å². The molecule has 3 rings (SSSR count). The molecule has 0 aliphatic carbocycles. The molecule has 0 spiro atoms. The van der Waals surface area contributed by atoms with Gasteiger partial charge in [-0.05, 0) is 50.1 Å². The average molecular weight is 274 g/mol. The third-order valence-corrected chi connectivity index (χ3v) is 4.49. The van der Waals surface area contributed by atoms with Crippen molar-refractivity contribution < 1.29 is 4.74 Å². The van der Waals surface area contributed by atoms with Crippen molar-refractivity contribution in [1.29, 1.82) is 0 Å². The summed E-state index contributed by atoms with van der Waals surface area (Å²) < 4.78 is 5.30. The highest BCUT2D eigenvalue weighted by Gasteiger charge is 2.19. The van der Waals surface area contributed by atoms with Gasteiger partial charge in [0, 0.05) is 10.9 Å². The number of hydrogen-bond acceptors (Lipinski definition) is 4. The number of methoxy groups -OCH3 is 1. The van der Waals surface area contributed by atoms with Crippen LogP contribution in [0.2, 0.25) is 0 Å². The molecule has 0 saturated carbocycles. The number of aryl methyl sites for hydroxylation is 1. The van der Waals surface area contributed by atoms with Crippen LogP contribution in [-0.4, -0.2) is 18.6 Å². The second-order valence-electron chi connectivity index (χ2n) is 4.91. The van der Waals surface area contributed by atoms with E-state index in [1.165, 1.54) is 24.1 Å². The highest BCUT2D eigenvalue weighted by Crippen LogP contribution is 2.31. The van der Waals surface area contributed by atoms with Crippen molar-refractivity contribution in [3.05, 3.63) is 34.8 Å². The third kappa shape index (κ3) is 2.51. The second kappa shape index (κ2) is 5.31. The first-order valence-corrected chi connectivity index (χ1v) is 7.49. The fraction of sp³-hybridized carbons (Fsp3) is 0.400. The summed E-state index contributed by atoms with van der Waals surface area (Å²) in [7, 11) is 1.70. The predicted octanol–water partition coefficient (Wildman–Crippen LogP) is 3.55. The maximum atomic E-state index is 5.30. The van der Waals surface area contributed by atoms with E-state index in [-0.39, 0.29) is 0 Å². The van der Waals surface area contributed by atoms with Crippen molar-refractivity contribution in [2.24, 2.45) is 0 Å². The Hall–Kier alpha value is -1.39. The maximum Gasteiger partial charge on any atom is 0.123 e. The highest BCUT2D eigenvalue weighted by molar-refractivity contribution is 7.13. The SMILES string of the molecule is COc1ccc(-c2nc([C@@H]3CCCN3)cs2)cc1C. The fourth-order valence-corrected chi connectivity index (χ4v) is 3.40. The number of benzene rings is 1. The smallest absolute Gasteiger partial charge is 0.123 e. The molecule has 1 aliphatic heterocycles. The summed E-state index contributed by atoms with van der Waals surface area (Å²) in [5.41, 5.74) is 3.51. The lowest BCUT2D eigenvalue weighted by atomic mass is 10.1. The highest BCUT2D eigenvalue weighted by atomic mass is 32.1. The van der Waals surface area contributed by atoms with Gasteiger partial charge in [0.25, 0.3) is 0 Å². The molecule has 2 heterocycles. The Labute approximate surface area is 117 Å². The summed E-state index contributed by atoms with van der Waals surface area (Å²) in [5.74, 6) is 0.929. The van der Waals surface area contributed by atoms with Crippen LogP contribution >= 0.6 is 11.3 Å². The quantitative estimate of drug-likeness (QED) is 0.929. The Morgan fingerprint density at radius 1 is 1.42 bits per heavy atom. The van der Waals surface area contributed by atoms with E-state index < -0.39 is 0 Å². The van der Waals surface area contributed by atoms with Gasteiger partial charge in [0.2, 0.25) is 0 Å². The summed E-state index contributed by atoms with van der Waals surface area (Å²) >= 11 is 1.72. The van der Waals surface area contributed by atoms with Crippen LogP contribution in [0.1, 0.15) is 30.1 Å². The zero-order valence-electron chi connectivity index (χ0n) is 11.3. The number of nitrogens with zero attached hydrogens (tertiary/aromatic N) is 1. The van der Waals surface area contributed by atoms with Crippen molar-refractivity contribution in [1.82, 2.24) is 10.3 Å². The Morgan fingerprint density at radius 2 is 2.32 bits per heavy atom. The molecule has 1 aromatic heterocycles. The number of aromatic nitrogens is 1. The largest absolute Gasteiger partial charge is 0.496 e. The second-order valence-corrected chi connectivity index (χ2v) is 5.77. The number of thiazole rings is 1.